The number of benzene rings is 1. The number of ether oxygens (including phenoxy) is 3. The molecule has 0 radical (unpaired) electrons. The van der Waals surface area contributed by atoms with Crippen LogP contribution in [0.15, 0.2) is 22.6 Å². The summed E-state index contributed by atoms with van der Waals surface area (Å²) in [6.07, 6.45) is 1.68. The largest absolute Gasteiger partial charge is 0.493 e. The molecule has 0 spiro atoms. The second-order valence-corrected chi connectivity index (χ2v) is 5.21. The summed E-state index contributed by atoms with van der Waals surface area (Å²) in [6, 6.07) is 3.68. The number of rotatable bonds is 7. The van der Waals surface area contributed by atoms with Gasteiger partial charge in [-0.1, -0.05) is 0 Å². The van der Waals surface area contributed by atoms with Crippen molar-refractivity contribution in [2.75, 3.05) is 26.3 Å². The molecule has 22 heavy (non-hydrogen) atoms. The van der Waals surface area contributed by atoms with Crippen molar-refractivity contribution in [3.63, 3.8) is 0 Å². The molecule has 0 unspecified atom stereocenters. The lowest BCUT2D eigenvalue weighted by Gasteiger charge is -2.14. The summed E-state index contributed by atoms with van der Waals surface area (Å²) in [6.45, 7) is 4.38. The van der Waals surface area contributed by atoms with Gasteiger partial charge in [-0.15, -0.1) is 11.3 Å². The summed E-state index contributed by atoms with van der Waals surface area (Å²) in [5.41, 5.74) is 4.69. The number of nitrogens with one attached hydrogen (secondary N) is 1. The van der Waals surface area contributed by atoms with E-state index in [9.17, 15) is 0 Å². The van der Waals surface area contributed by atoms with E-state index in [2.05, 4.69) is 15.5 Å². The van der Waals surface area contributed by atoms with Crippen LogP contribution in [0.3, 0.4) is 0 Å². The van der Waals surface area contributed by atoms with Gasteiger partial charge in [0.15, 0.2) is 11.5 Å². The van der Waals surface area contributed by atoms with Crippen LogP contribution in [-0.2, 0) is 0 Å². The molecule has 1 N–H and O–H groups in total. The summed E-state index contributed by atoms with van der Waals surface area (Å²) in [4.78, 5) is 4.27. The smallest absolute Gasteiger partial charge is 0.203 e. The molecule has 1 aromatic heterocycles. The highest BCUT2D eigenvalue weighted by atomic mass is 32.1. The molecular formula is C15H19N3O3S. The van der Waals surface area contributed by atoms with Gasteiger partial charge in [-0.2, -0.15) is 5.10 Å². The molecule has 0 bridgehead atoms. The van der Waals surface area contributed by atoms with E-state index in [1.165, 1.54) is 11.3 Å². The van der Waals surface area contributed by atoms with Crippen LogP contribution >= 0.6 is 11.3 Å². The Bertz CT molecular complexity index is 630. The molecule has 0 saturated heterocycles. The molecule has 0 atom stereocenters. The van der Waals surface area contributed by atoms with Gasteiger partial charge in [-0.05, 0) is 26.0 Å². The van der Waals surface area contributed by atoms with Crippen molar-refractivity contribution >= 4 is 22.7 Å². The van der Waals surface area contributed by atoms with Gasteiger partial charge in [0, 0.05) is 10.9 Å². The average molecular weight is 321 g/mol. The lowest BCUT2D eigenvalue weighted by Crippen LogP contribution is -2.00. The summed E-state index contributed by atoms with van der Waals surface area (Å²) in [5, 5.41) is 6.88. The molecule has 0 aliphatic carbocycles. The van der Waals surface area contributed by atoms with Gasteiger partial charge in [0.05, 0.1) is 32.7 Å². The first-order valence-electron chi connectivity index (χ1n) is 6.78. The van der Waals surface area contributed by atoms with E-state index in [0.29, 0.717) is 23.9 Å². The molecular weight excluding hydrogens is 302 g/mol. The van der Waals surface area contributed by atoms with Gasteiger partial charge in [0.25, 0.3) is 0 Å². The molecule has 6 nitrogen and oxygen atoms in total. The predicted octanol–water partition coefficient (Wildman–Crippen LogP) is 3.31. The molecule has 1 heterocycles. The lowest BCUT2D eigenvalue weighted by atomic mass is 10.2. The minimum absolute atomic E-state index is 0.533. The molecule has 0 aliphatic rings. The third-order valence-electron chi connectivity index (χ3n) is 2.76. The van der Waals surface area contributed by atoms with Crippen LogP contribution in [0.5, 0.6) is 17.2 Å². The maximum atomic E-state index is 5.56. The fourth-order valence-electron chi connectivity index (χ4n) is 1.83. The van der Waals surface area contributed by atoms with Crippen LogP contribution in [0.4, 0.5) is 5.13 Å². The van der Waals surface area contributed by atoms with Crippen molar-refractivity contribution in [1.82, 2.24) is 4.98 Å². The van der Waals surface area contributed by atoms with E-state index in [1.54, 1.807) is 20.4 Å². The number of hydrogen-bond donors (Lipinski definition) is 1. The Labute approximate surface area is 133 Å². The van der Waals surface area contributed by atoms with E-state index in [1.807, 2.05) is 31.4 Å². The number of anilines is 1. The SMILES string of the molecule is CCOc1c(OC)cc(/C=N\Nc2nc(C)cs2)cc1OC. The number of aryl methyl sites for hydroxylation is 1. The first kappa shape index (κ1) is 16.1. The van der Waals surface area contributed by atoms with E-state index < -0.39 is 0 Å². The number of aromatic nitrogens is 1. The Morgan fingerprint density at radius 2 is 1.95 bits per heavy atom. The van der Waals surface area contributed by atoms with Crippen molar-refractivity contribution in [3.8, 4) is 17.2 Å². The first-order chi connectivity index (χ1) is 10.7. The minimum Gasteiger partial charge on any atom is -0.493 e. The molecule has 118 valence electrons. The average Bonchev–Trinajstić information content (AvgIpc) is 2.93. The normalized spacial score (nSPS) is 10.7. The topological polar surface area (TPSA) is 65.0 Å². The zero-order valence-electron chi connectivity index (χ0n) is 13.0. The lowest BCUT2D eigenvalue weighted by molar-refractivity contribution is 0.288. The van der Waals surface area contributed by atoms with E-state index in [0.717, 1.165) is 16.4 Å². The first-order valence-corrected chi connectivity index (χ1v) is 7.66. The van der Waals surface area contributed by atoms with Gasteiger partial charge in [0.2, 0.25) is 10.9 Å². The number of hydrogen-bond acceptors (Lipinski definition) is 7. The third-order valence-corrected chi connectivity index (χ3v) is 3.63. The number of hydrazone groups is 1. The molecule has 0 fully saturated rings. The third kappa shape index (κ3) is 3.88. The highest BCUT2D eigenvalue weighted by Crippen LogP contribution is 2.38. The Hall–Kier alpha value is -2.28. The highest BCUT2D eigenvalue weighted by Gasteiger charge is 2.13. The highest BCUT2D eigenvalue weighted by molar-refractivity contribution is 7.13. The van der Waals surface area contributed by atoms with E-state index >= 15 is 0 Å². The van der Waals surface area contributed by atoms with Crippen molar-refractivity contribution in [1.29, 1.82) is 0 Å². The quantitative estimate of drug-likeness (QED) is 0.626. The Balaban J connectivity index is 2.19. The second kappa shape index (κ2) is 7.65. The predicted molar refractivity (Wildman–Crippen MR) is 88.8 cm³/mol. The summed E-state index contributed by atoms with van der Waals surface area (Å²) in [5.74, 6) is 1.80. The van der Waals surface area contributed by atoms with Crippen LogP contribution in [0, 0.1) is 6.92 Å². The molecule has 0 aliphatic heterocycles. The zero-order valence-corrected chi connectivity index (χ0v) is 13.9. The standard InChI is InChI=1S/C15H19N3O3S/c1-5-21-14-12(19-3)6-11(7-13(14)20-4)8-16-18-15-17-10(2)9-22-15/h6-9H,5H2,1-4H3,(H,17,18)/b16-8-. The van der Waals surface area contributed by atoms with Crippen LogP contribution in [-0.4, -0.2) is 32.0 Å². The van der Waals surface area contributed by atoms with Crippen LogP contribution in [0.2, 0.25) is 0 Å². The monoisotopic (exact) mass is 321 g/mol. The van der Waals surface area contributed by atoms with Crippen LogP contribution < -0.4 is 19.6 Å². The van der Waals surface area contributed by atoms with Gasteiger partial charge in [0.1, 0.15) is 0 Å². The molecule has 7 heteroatoms. The zero-order chi connectivity index (χ0) is 15.9. The summed E-state index contributed by atoms with van der Waals surface area (Å²) in [7, 11) is 3.18. The number of thiazole rings is 1. The summed E-state index contributed by atoms with van der Waals surface area (Å²) < 4.78 is 16.3. The van der Waals surface area contributed by atoms with Gasteiger partial charge in [-0.3, -0.25) is 5.43 Å². The Morgan fingerprint density at radius 3 is 2.45 bits per heavy atom. The van der Waals surface area contributed by atoms with Crippen LogP contribution in [0.25, 0.3) is 0 Å². The number of nitrogens with zero attached hydrogens (tertiary/aromatic N) is 2. The van der Waals surface area contributed by atoms with Crippen molar-refractivity contribution in [2.45, 2.75) is 13.8 Å². The second-order valence-electron chi connectivity index (χ2n) is 4.35. The van der Waals surface area contributed by atoms with Crippen molar-refractivity contribution in [2.24, 2.45) is 5.10 Å². The van der Waals surface area contributed by atoms with Gasteiger partial charge >= 0.3 is 0 Å². The van der Waals surface area contributed by atoms with E-state index in [-0.39, 0.29) is 0 Å². The fourth-order valence-corrected chi connectivity index (χ4v) is 2.47. The van der Waals surface area contributed by atoms with Gasteiger partial charge in [-0.25, -0.2) is 4.98 Å². The molecule has 1 aromatic carbocycles. The van der Waals surface area contributed by atoms with Crippen LogP contribution in [0.1, 0.15) is 18.2 Å². The van der Waals surface area contributed by atoms with Crippen molar-refractivity contribution < 1.29 is 14.2 Å². The molecule has 0 saturated carbocycles. The molecule has 2 rings (SSSR count). The summed E-state index contributed by atoms with van der Waals surface area (Å²) >= 11 is 1.50. The van der Waals surface area contributed by atoms with E-state index in [4.69, 9.17) is 14.2 Å². The minimum atomic E-state index is 0.533. The maximum absolute atomic E-state index is 5.56. The molecule has 2 aromatic rings. The number of methoxy groups -OCH3 is 2. The molecule has 0 amide bonds. The fraction of sp³-hybridized carbons (Fsp3) is 0.333. The Morgan fingerprint density at radius 1 is 1.27 bits per heavy atom. The van der Waals surface area contributed by atoms with Crippen molar-refractivity contribution in [3.05, 3.63) is 28.8 Å². The Kier molecular flexibility index (Phi) is 5.60. The van der Waals surface area contributed by atoms with Gasteiger partial charge < -0.3 is 14.2 Å². The maximum Gasteiger partial charge on any atom is 0.203 e.